The van der Waals surface area contributed by atoms with Crippen molar-refractivity contribution in [3.8, 4) is 0 Å². The van der Waals surface area contributed by atoms with Crippen LogP contribution in [0.1, 0.15) is 34.1 Å². The van der Waals surface area contributed by atoms with E-state index in [1.807, 2.05) is 13.8 Å². The van der Waals surface area contributed by atoms with Gasteiger partial charge in [0.25, 0.3) is 0 Å². The van der Waals surface area contributed by atoms with Crippen molar-refractivity contribution in [2.45, 2.75) is 39.7 Å². The van der Waals surface area contributed by atoms with Crippen molar-refractivity contribution in [3.63, 3.8) is 0 Å². The first-order valence-electron chi connectivity index (χ1n) is 6.96. The number of carbonyl (C=O) groups excluding carboxylic acids is 2. The summed E-state index contributed by atoms with van der Waals surface area (Å²) in [6.07, 6.45) is 2.42. The van der Waals surface area contributed by atoms with E-state index in [-0.39, 0.29) is 19.6 Å². The van der Waals surface area contributed by atoms with Crippen molar-refractivity contribution in [3.05, 3.63) is 25.3 Å². The number of hydrogen-bond acceptors (Lipinski definition) is 6. The Labute approximate surface area is 136 Å². The van der Waals surface area contributed by atoms with E-state index < -0.39 is 28.9 Å². The highest BCUT2D eigenvalue weighted by Crippen LogP contribution is 2.16. The zero-order valence-corrected chi connectivity index (χ0v) is 14.1. The monoisotopic (exact) mass is 330 g/mol. The van der Waals surface area contributed by atoms with Gasteiger partial charge < -0.3 is 19.7 Å². The van der Waals surface area contributed by atoms with Gasteiger partial charge in [-0.25, -0.2) is 14.4 Å². The predicted molar refractivity (Wildman–Crippen MR) is 84.6 cm³/mol. The summed E-state index contributed by atoms with van der Waals surface area (Å²) in [7, 11) is 0. The fraction of sp³-hybridized carbons (Fsp3) is 0.562. The summed E-state index contributed by atoms with van der Waals surface area (Å²) >= 11 is 0. The molecule has 0 aromatic rings. The summed E-state index contributed by atoms with van der Waals surface area (Å²) in [6.45, 7) is 13.4. The van der Waals surface area contributed by atoms with Crippen LogP contribution < -0.4 is 0 Å². The molecular formula is C16H26O7. The highest BCUT2D eigenvalue weighted by atomic mass is 16.5. The molecule has 23 heavy (non-hydrogen) atoms. The molecule has 0 saturated heterocycles. The van der Waals surface area contributed by atoms with E-state index in [9.17, 15) is 14.4 Å². The molecule has 132 valence electrons. The van der Waals surface area contributed by atoms with E-state index in [1.165, 1.54) is 6.92 Å². The van der Waals surface area contributed by atoms with Crippen molar-refractivity contribution in [2.24, 2.45) is 5.41 Å². The number of esters is 2. The molecule has 0 aliphatic rings. The van der Waals surface area contributed by atoms with E-state index in [4.69, 9.17) is 19.7 Å². The molecule has 0 rings (SSSR count). The average Bonchev–Trinajstić information content (AvgIpc) is 2.50. The van der Waals surface area contributed by atoms with Crippen LogP contribution >= 0.6 is 0 Å². The van der Waals surface area contributed by atoms with Crippen LogP contribution in [0.4, 0.5) is 0 Å². The van der Waals surface area contributed by atoms with Crippen molar-refractivity contribution < 1.29 is 34.1 Å². The van der Waals surface area contributed by atoms with Gasteiger partial charge >= 0.3 is 17.9 Å². The molecule has 1 atom stereocenters. The third-order valence-corrected chi connectivity index (χ3v) is 2.69. The van der Waals surface area contributed by atoms with Crippen LogP contribution in [0.3, 0.4) is 0 Å². The maximum atomic E-state index is 10.8. The van der Waals surface area contributed by atoms with Crippen LogP contribution in [0.15, 0.2) is 25.3 Å². The Morgan fingerprint density at radius 2 is 1.35 bits per heavy atom. The van der Waals surface area contributed by atoms with Crippen LogP contribution in [0.5, 0.6) is 0 Å². The number of ether oxygens (including phenoxy) is 2. The molecule has 0 aromatic heterocycles. The third kappa shape index (κ3) is 12.1. The minimum atomic E-state index is -1.54. The van der Waals surface area contributed by atoms with E-state index in [0.29, 0.717) is 0 Å². The fourth-order valence-corrected chi connectivity index (χ4v) is 0.844. The van der Waals surface area contributed by atoms with Crippen LogP contribution in [0.25, 0.3) is 0 Å². The van der Waals surface area contributed by atoms with Gasteiger partial charge in [0.15, 0.2) is 5.60 Å². The summed E-state index contributed by atoms with van der Waals surface area (Å²) in [6, 6.07) is 0. The minimum Gasteiger partial charge on any atom is -0.479 e. The lowest BCUT2D eigenvalue weighted by Gasteiger charge is -2.22. The van der Waals surface area contributed by atoms with Gasteiger partial charge in [0.1, 0.15) is 0 Å². The summed E-state index contributed by atoms with van der Waals surface area (Å²) in [5, 5.41) is 17.0. The smallest absolute Gasteiger partial charge is 0.335 e. The van der Waals surface area contributed by atoms with E-state index in [0.717, 1.165) is 12.2 Å². The van der Waals surface area contributed by atoms with Gasteiger partial charge in [0, 0.05) is 17.6 Å². The van der Waals surface area contributed by atoms with Gasteiger partial charge in [-0.15, -0.1) is 0 Å². The lowest BCUT2D eigenvalue weighted by atomic mass is 9.96. The average molecular weight is 330 g/mol. The van der Waals surface area contributed by atoms with Crippen LogP contribution in [0.2, 0.25) is 0 Å². The highest BCUT2D eigenvalue weighted by Gasteiger charge is 2.26. The first-order valence-corrected chi connectivity index (χ1v) is 6.96. The second-order valence-corrected chi connectivity index (χ2v) is 5.72. The maximum absolute atomic E-state index is 10.8. The second kappa shape index (κ2) is 10.6. The Morgan fingerprint density at radius 3 is 1.52 bits per heavy atom. The van der Waals surface area contributed by atoms with Crippen molar-refractivity contribution in [1.82, 2.24) is 0 Å². The van der Waals surface area contributed by atoms with Gasteiger partial charge in [-0.05, 0) is 13.3 Å². The third-order valence-electron chi connectivity index (χ3n) is 2.69. The van der Waals surface area contributed by atoms with Gasteiger partial charge in [-0.1, -0.05) is 33.9 Å². The van der Waals surface area contributed by atoms with Crippen molar-refractivity contribution in [2.75, 3.05) is 13.2 Å². The molecule has 0 amide bonds. The molecule has 2 N–H and O–H groups in total. The standard InChI is InChI=1S/C11H16O4.C5H10O3/c1-5-9(12)14-7-11(3,4)8-15-10(13)6-2;1-3-5(2,8)4(6)7/h5-6H,1-2,7-8H2,3-4H3;8H,3H2,1-2H3,(H,6,7). The fourth-order valence-electron chi connectivity index (χ4n) is 0.844. The highest BCUT2D eigenvalue weighted by molar-refractivity contribution is 5.81. The lowest BCUT2D eigenvalue weighted by Crippen LogP contribution is -2.33. The molecule has 0 aliphatic carbocycles. The minimum absolute atomic E-state index is 0.169. The Bertz CT molecular complexity index is 410. The topological polar surface area (TPSA) is 110 Å². The summed E-state index contributed by atoms with van der Waals surface area (Å²) in [5.74, 6) is -2.14. The largest absolute Gasteiger partial charge is 0.479 e. The van der Waals surface area contributed by atoms with Crippen LogP contribution in [-0.2, 0) is 23.9 Å². The number of carboxylic acids is 1. The number of carbonyl (C=O) groups is 3. The normalized spacial score (nSPS) is 12.7. The van der Waals surface area contributed by atoms with Crippen LogP contribution in [-0.4, -0.2) is 46.9 Å². The number of carboxylic acid groups (broad SMARTS) is 1. The van der Waals surface area contributed by atoms with E-state index >= 15 is 0 Å². The van der Waals surface area contributed by atoms with Crippen molar-refractivity contribution >= 4 is 17.9 Å². The van der Waals surface area contributed by atoms with Crippen molar-refractivity contribution in [1.29, 1.82) is 0 Å². The first-order chi connectivity index (χ1) is 10.4. The number of hydrogen-bond donors (Lipinski definition) is 2. The number of aliphatic carboxylic acids is 1. The SMILES string of the molecule is C=CC(=O)OCC(C)(C)COC(=O)C=C.CCC(C)(O)C(=O)O. The van der Waals surface area contributed by atoms with Gasteiger partial charge in [-0.2, -0.15) is 0 Å². The summed E-state index contributed by atoms with van der Waals surface area (Å²) < 4.78 is 9.70. The zero-order valence-electron chi connectivity index (χ0n) is 14.1. The summed E-state index contributed by atoms with van der Waals surface area (Å²) in [5.41, 5.74) is -1.96. The quantitative estimate of drug-likeness (QED) is 0.515. The predicted octanol–water partition coefficient (Wildman–Crippen LogP) is 1.70. The number of rotatable bonds is 8. The molecule has 7 nitrogen and oxygen atoms in total. The molecule has 1 unspecified atom stereocenters. The maximum Gasteiger partial charge on any atom is 0.335 e. The van der Waals surface area contributed by atoms with Gasteiger partial charge in [0.2, 0.25) is 0 Å². The zero-order chi connectivity index (χ0) is 18.7. The first kappa shape index (κ1) is 23.1. The molecule has 0 bridgehead atoms. The molecule has 0 spiro atoms. The molecule has 0 saturated carbocycles. The molecule has 0 heterocycles. The number of aliphatic hydroxyl groups is 1. The van der Waals surface area contributed by atoms with E-state index in [1.54, 1.807) is 6.92 Å². The molecular weight excluding hydrogens is 304 g/mol. The second-order valence-electron chi connectivity index (χ2n) is 5.72. The van der Waals surface area contributed by atoms with Crippen LogP contribution in [0, 0.1) is 5.41 Å². The van der Waals surface area contributed by atoms with Gasteiger partial charge in [0.05, 0.1) is 13.2 Å². The Morgan fingerprint density at radius 1 is 1.00 bits per heavy atom. The molecule has 7 heteroatoms. The van der Waals surface area contributed by atoms with Gasteiger partial charge in [-0.3, -0.25) is 0 Å². The molecule has 0 radical (unpaired) electrons. The molecule has 0 aliphatic heterocycles. The lowest BCUT2D eigenvalue weighted by molar-refractivity contribution is -0.156. The molecule has 0 aromatic carbocycles. The Hall–Kier alpha value is -2.15. The molecule has 0 fully saturated rings. The Kier molecular flexibility index (Phi) is 10.6. The Balaban J connectivity index is 0. The van der Waals surface area contributed by atoms with E-state index in [2.05, 4.69) is 13.2 Å². The summed E-state index contributed by atoms with van der Waals surface area (Å²) in [4.78, 5) is 31.6.